The molecule has 8 aliphatic rings. The van der Waals surface area contributed by atoms with Crippen LogP contribution in [0.5, 0.6) is 0 Å². The Balaban J connectivity index is 0.903. The van der Waals surface area contributed by atoms with Gasteiger partial charge in [-0.05, 0) is 124 Å². The first kappa shape index (κ1) is 35.2. The smallest absolute Gasteiger partial charge is 0.154 e. The summed E-state index contributed by atoms with van der Waals surface area (Å²) in [5.41, 5.74) is 9.82. The van der Waals surface area contributed by atoms with Crippen LogP contribution in [0, 0.1) is 29.6 Å². The second-order valence-electron chi connectivity index (χ2n) is 16.6. The van der Waals surface area contributed by atoms with E-state index in [1.165, 1.54) is 59.4 Å². The Hall–Kier alpha value is -4.57. The highest BCUT2D eigenvalue weighted by Gasteiger charge is 2.34. The Morgan fingerprint density at radius 3 is 2.41 bits per heavy atom. The van der Waals surface area contributed by atoms with Crippen LogP contribution in [0.2, 0.25) is 0 Å². The fraction of sp³-hybridized carbons (Fsp3) is 0.420. The Kier molecular flexibility index (Phi) is 10.7. The molecule has 7 atom stereocenters. The van der Waals surface area contributed by atoms with E-state index in [4.69, 9.17) is 15.0 Å². The summed E-state index contributed by atoms with van der Waals surface area (Å²) >= 11 is 0. The van der Waals surface area contributed by atoms with Gasteiger partial charge in [-0.2, -0.15) is 0 Å². The van der Waals surface area contributed by atoms with Gasteiger partial charge < -0.3 is 5.32 Å². The summed E-state index contributed by atoms with van der Waals surface area (Å²) in [5, 5.41) is 3.80. The summed E-state index contributed by atoms with van der Waals surface area (Å²) in [5.74, 6) is 4.91. The van der Waals surface area contributed by atoms with Crippen LogP contribution < -0.4 is 5.32 Å². The zero-order valence-corrected chi connectivity index (χ0v) is 31.8. The van der Waals surface area contributed by atoms with Gasteiger partial charge in [0.15, 0.2) is 5.84 Å². The predicted molar refractivity (Wildman–Crippen MR) is 227 cm³/mol. The van der Waals surface area contributed by atoms with Crippen molar-refractivity contribution < 1.29 is 0 Å². The van der Waals surface area contributed by atoms with Crippen molar-refractivity contribution in [2.24, 2.45) is 44.6 Å². The molecule has 0 aromatic heterocycles. The molecule has 0 saturated carbocycles. The van der Waals surface area contributed by atoms with E-state index in [1.54, 1.807) is 5.57 Å². The maximum Gasteiger partial charge on any atom is 0.154 e. The Bertz CT molecular complexity index is 1980. The van der Waals surface area contributed by atoms with E-state index in [1.807, 2.05) is 0 Å². The lowest BCUT2D eigenvalue weighted by Crippen LogP contribution is -2.43. The van der Waals surface area contributed by atoms with Gasteiger partial charge in [0, 0.05) is 35.1 Å². The Morgan fingerprint density at radius 2 is 1.63 bits per heavy atom. The number of amidine groups is 2. The molecule has 4 nitrogen and oxygen atoms in total. The quantitative estimate of drug-likeness (QED) is 0.268. The molecule has 0 saturated heterocycles. The van der Waals surface area contributed by atoms with Gasteiger partial charge in [-0.1, -0.05) is 127 Å². The highest BCUT2D eigenvalue weighted by molar-refractivity contribution is 6.08. The van der Waals surface area contributed by atoms with Crippen LogP contribution >= 0.6 is 0 Å². The number of aliphatic imine (C=N–C) groups is 3. The van der Waals surface area contributed by atoms with Crippen molar-refractivity contribution in [1.29, 1.82) is 0 Å². The van der Waals surface area contributed by atoms with Gasteiger partial charge in [0.05, 0.1) is 0 Å². The zero-order chi connectivity index (χ0) is 36.1. The van der Waals surface area contributed by atoms with Crippen LogP contribution in [0.3, 0.4) is 0 Å². The molecule has 2 heterocycles. The van der Waals surface area contributed by atoms with Crippen LogP contribution in [0.4, 0.5) is 0 Å². The third-order valence-electron chi connectivity index (χ3n) is 13.1. The SMILES string of the molecule is C1=CCC(C2=CCC(C3C=CC=C(C4CC=C(C5=NC(C6=CCC(c7ccccc7)C=C6)NC(C6CC=CCC6)=N5)CC4)C3)C(C3=CCCCC3)=N2)C=C1. The van der Waals surface area contributed by atoms with Crippen molar-refractivity contribution >= 4 is 17.4 Å². The van der Waals surface area contributed by atoms with Crippen LogP contribution in [-0.4, -0.2) is 23.5 Å². The van der Waals surface area contributed by atoms with Gasteiger partial charge in [0.1, 0.15) is 12.0 Å². The maximum atomic E-state index is 5.50. The number of hydrogen-bond donors (Lipinski definition) is 1. The van der Waals surface area contributed by atoms with Gasteiger partial charge in [-0.15, -0.1) is 0 Å². The van der Waals surface area contributed by atoms with E-state index in [-0.39, 0.29) is 6.17 Å². The molecule has 54 heavy (non-hydrogen) atoms. The van der Waals surface area contributed by atoms with Gasteiger partial charge in [0.25, 0.3) is 0 Å². The molecule has 0 bridgehead atoms. The summed E-state index contributed by atoms with van der Waals surface area (Å²) in [7, 11) is 0. The molecule has 1 N–H and O–H groups in total. The number of allylic oxidation sites excluding steroid dienone is 16. The third-order valence-corrected chi connectivity index (χ3v) is 13.1. The molecule has 0 amide bonds. The third kappa shape index (κ3) is 7.81. The number of benzene rings is 1. The molecule has 1 aromatic rings. The molecule has 276 valence electrons. The van der Waals surface area contributed by atoms with Crippen LogP contribution in [0.15, 0.2) is 164 Å². The molecule has 0 fully saturated rings. The maximum absolute atomic E-state index is 5.50. The zero-order valence-electron chi connectivity index (χ0n) is 31.8. The monoisotopic (exact) mass is 712 g/mol. The first-order chi connectivity index (χ1) is 26.7. The fourth-order valence-corrected chi connectivity index (χ4v) is 9.92. The van der Waals surface area contributed by atoms with Crippen molar-refractivity contribution in [2.45, 2.75) is 102 Å². The minimum atomic E-state index is -0.0808. The van der Waals surface area contributed by atoms with E-state index < -0.39 is 0 Å². The van der Waals surface area contributed by atoms with Gasteiger partial charge in [-0.25, -0.2) is 9.98 Å². The van der Waals surface area contributed by atoms with E-state index in [2.05, 4.69) is 127 Å². The van der Waals surface area contributed by atoms with Crippen molar-refractivity contribution in [3.63, 3.8) is 0 Å². The van der Waals surface area contributed by atoms with Crippen molar-refractivity contribution in [2.75, 3.05) is 0 Å². The lowest BCUT2D eigenvalue weighted by Gasteiger charge is -2.35. The molecule has 1 aromatic carbocycles. The van der Waals surface area contributed by atoms with Crippen LogP contribution in [0.1, 0.15) is 101 Å². The minimum absolute atomic E-state index is 0.0808. The number of hydrogen-bond acceptors (Lipinski definition) is 4. The average molecular weight is 713 g/mol. The Labute approximate surface area is 323 Å². The van der Waals surface area contributed by atoms with E-state index in [9.17, 15) is 0 Å². The first-order valence-corrected chi connectivity index (χ1v) is 21.1. The lowest BCUT2D eigenvalue weighted by atomic mass is 9.71. The molecule has 0 spiro atoms. The van der Waals surface area contributed by atoms with Gasteiger partial charge >= 0.3 is 0 Å². The van der Waals surface area contributed by atoms with E-state index >= 15 is 0 Å². The van der Waals surface area contributed by atoms with Crippen molar-refractivity contribution in [3.8, 4) is 0 Å². The molecule has 7 unspecified atom stereocenters. The minimum Gasteiger partial charge on any atom is -0.348 e. The van der Waals surface area contributed by atoms with Crippen LogP contribution in [0.25, 0.3) is 0 Å². The topological polar surface area (TPSA) is 49.1 Å². The largest absolute Gasteiger partial charge is 0.348 e. The van der Waals surface area contributed by atoms with Crippen molar-refractivity contribution in [1.82, 2.24) is 5.32 Å². The summed E-state index contributed by atoms with van der Waals surface area (Å²) in [6.07, 6.45) is 51.3. The highest BCUT2D eigenvalue weighted by Crippen LogP contribution is 2.42. The van der Waals surface area contributed by atoms with Gasteiger partial charge in [-0.3, -0.25) is 4.99 Å². The second kappa shape index (κ2) is 16.4. The highest BCUT2D eigenvalue weighted by atomic mass is 15.2. The molecule has 2 aliphatic heterocycles. The van der Waals surface area contributed by atoms with Gasteiger partial charge in [0.2, 0.25) is 0 Å². The second-order valence-corrected chi connectivity index (χ2v) is 16.6. The summed E-state index contributed by atoms with van der Waals surface area (Å²) in [6.45, 7) is 0. The normalized spacial score (nSPS) is 32.3. The van der Waals surface area contributed by atoms with Crippen LogP contribution in [-0.2, 0) is 0 Å². The number of nitrogens with one attached hydrogen (secondary N) is 1. The predicted octanol–water partition coefficient (Wildman–Crippen LogP) is 11.9. The molecule has 6 aliphatic carbocycles. The molecular weight excluding hydrogens is 657 g/mol. The standard InChI is InChI=1S/C50H56N4/c1-5-14-35(15-6-1)36-24-28-41(29-25-36)49-52-48(40-20-11-4-12-21-40)53-50(54-49)42-30-26-37(27-31-42)43-22-13-23-44(34-43)45-32-33-46(38-16-7-2-8-17-38)51-47(45)39-18-9-3-10-19-39/h1-2,4-8,11,13-16,18,22-24,28-30,33,36-38,40,44-45,49H,3,9-10,12,17,19-21,25-27,31-32,34H2,(H,52,53,54). The summed E-state index contributed by atoms with van der Waals surface area (Å²) in [4.78, 5) is 16.1. The van der Waals surface area contributed by atoms with Crippen molar-refractivity contribution in [3.05, 3.63) is 155 Å². The number of rotatable bonds is 8. The molecule has 0 radical (unpaired) electrons. The molecule has 9 rings (SSSR count). The fourth-order valence-electron chi connectivity index (χ4n) is 9.92. The average Bonchev–Trinajstić information content (AvgIpc) is 3.27. The summed E-state index contributed by atoms with van der Waals surface area (Å²) < 4.78 is 0. The van der Waals surface area contributed by atoms with E-state index in [0.717, 1.165) is 75.9 Å². The lowest BCUT2D eigenvalue weighted by molar-refractivity contribution is 0.441. The van der Waals surface area contributed by atoms with E-state index in [0.29, 0.717) is 35.5 Å². The number of nitrogens with zero attached hydrogens (tertiary/aromatic N) is 3. The molecular formula is C50H56N4. The Morgan fingerprint density at radius 1 is 0.667 bits per heavy atom. The first-order valence-electron chi connectivity index (χ1n) is 21.1. The molecule has 4 heteroatoms. The summed E-state index contributed by atoms with van der Waals surface area (Å²) in [6, 6.07) is 10.9.